The highest BCUT2D eigenvalue weighted by Gasteiger charge is 2.18. The molecule has 0 bridgehead atoms. The smallest absolute Gasteiger partial charge is 0.256 e. The van der Waals surface area contributed by atoms with Crippen molar-refractivity contribution in [3.05, 3.63) is 71.8 Å². The van der Waals surface area contributed by atoms with Crippen LogP contribution in [0, 0.1) is 0 Å². The third-order valence-electron chi connectivity index (χ3n) is 3.75. The minimum Gasteiger partial charge on any atom is -0.366 e. The predicted molar refractivity (Wildman–Crippen MR) is 114 cm³/mol. The molecule has 3 N–H and O–H groups in total. The van der Waals surface area contributed by atoms with E-state index in [1.54, 1.807) is 23.9 Å². The van der Waals surface area contributed by atoms with Crippen LogP contribution in [0.4, 0.5) is 5.00 Å². The molecule has 3 rings (SSSR count). The molecule has 0 spiro atoms. The number of hydrogen-bond donors (Lipinski definition) is 2. The van der Waals surface area contributed by atoms with Gasteiger partial charge < -0.3 is 11.1 Å². The number of amides is 2. The maximum absolute atomic E-state index is 12.7. The number of rotatable bonds is 6. The van der Waals surface area contributed by atoms with Crippen molar-refractivity contribution in [1.82, 2.24) is 0 Å². The molecule has 1 heterocycles. The van der Waals surface area contributed by atoms with Gasteiger partial charge in [-0.15, -0.1) is 23.1 Å². The highest BCUT2D eigenvalue weighted by atomic mass is 32.2. The Morgan fingerprint density at radius 1 is 1.04 bits per heavy atom. The van der Waals surface area contributed by atoms with E-state index in [4.69, 9.17) is 5.73 Å². The molecule has 0 fully saturated rings. The van der Waals surface area contributed by atoms with E-state index >= 15 is 0 Å². The number of thiophene rings is 1. The van der Waals surface area contributed by atoms with Crippen LogP contribution in [-0.2, 0) is 0 Å². The van der Waals surface area contributed by atoms with Gasteiger partial charge in [0, 0.05) is 20.6 Å². The molecule has 0 saturated heterocycles. The summed E-state index contributed by atoms with van der Waals surface area (Å²) in [6, 6.07) is 18.9. The van der Waals surface area contributed by atoms with Crippen molar-refractivity contribution >= 4 is 39.9 Å². The highest BCUT2D eigenvalue weighted by molar-refractivity contribution is 7.99. The molecule has 4 nitrogen and oxygen atoms in total. The molecular formula is C21H20N2O2S2. The van der Waals surface area contributed by atoms with Crippen LogP contribution in [0.2, 0.25) is 0 Å². The Morgan fingerprint density at radius 3 is 2.44 bits per heavy atom. The van der Waals surface area contributed by atoms with Crippen LogP contribution in [0.1, 0.15) is 34.6 Å². The zero-order valence-electron chi connectivity index (χ0n) is 15.1. The van der Waals surface area contributed by atoms with E-state index in [2.05, 4.69) is 19.2 Å². The number of primary amides is 1. The molecule has 0 atom stereocenters. The van der Waals surface area contributed by atoms with E-state index in [0.717, 1.165) is 15.3 Å². The minimum absolute atomic E-state index is 0.259. The first-order valence-electron chi connectivity index (χ1n) is 8.51. The van der Waals surface area contributed by atoms with Gasteiger partial charge in [0.2, 0.25) is 0 Å². The van der Waals surface area contributed by atoms with Gasteiger partial charge in [0.1, 0.15) is 5.00 Å². The number of carbonyl (C=O) groups is 2. The fraction of sp³-hybridized carbons (Fsp3) is 0.143. The Labute approximate surface area is 166 Å². The van der Waals surface area contributed by atoms with Gasteiger partial charge in [-0.3, -0.25) is 9.59 Å². The van der Waals surface area contributed by atoms with Gasteiger partial charge in [0.05, 0.1) is 5.56 Å². The van der Waals surface area contributed by atoms with Crippen LogP contribution in [0.25, 0.3) is 10.4 Å². The van der Waals surface area contributed by atoms with Gasteiger partial charge >= 0.3 is 0 Å². The summed E-state index contributed by atoms with van der Waals surface area (Å²) in [5.41, 5.74) is 7.35. The number of nitrogens with one attached hydrogen (secondary N) is 1. The summed E-state index contributed by atoms with van der Waals surface area (Å²) in [4.78, 5) is 26.5. The maximum Gasteiger partial charge on any atom is 0.256 e. The average molecular weight is 397 g/mol. The largest absolute Gasteiger partial charge is 0.366 e. The molecule has 0 aliphatic rings. The topological polar surface area (TPSA) is 72.2 Å². The molecule has 3 aromatic rings. The van der Waals surface area contributed by atoms with Crippen molar-refractivity contribution in [2.24, 2.45) is 5.73 Å². The lowest BCUT2D eigenvalue weighted by molar-refractivity contribution is 0.100. The molecule has 6 heteroatoms. The van der Waals surface area contributed by atoms with Gasteiger partial charge in [-0.1, -0.05) is 50.2 Å². The summed E-state index contributed by atoms with van der Waals surface area (Å²) in [6.45, 7) is 4.21. The van der Waals surface area contributed by atoms with Gasteiger partial charge in [0.25, 0.3) is 11.8 Å². The Bertz CT molecular complexity index is 965. The van der Waals surface area contributed by atoms with Crippen molar-refractivity contribution in [3.8, 4) is 10.4 Å². The van der Waals surface area contributed by atoms with Gasteiger partial charge in [-0.2, -0.15) is 0 Å². The summed E-state index contributed by atoms with van der Waals surface area (Å²) in [6.07, 6.45) is 0. The second-order valence-electron chi connectivity index (χ2n) is 6.23. The van der Waals surface area contributed by atoms with Crippen LogP contribution in [0.5, 0.6) is 0 Å². The summed E-state index contributed by atoms with van der Waals surface area (Å²) in [7, 11) is 0. The summed E-state index contributed by atoms with van der Waals surface area (Å²) >= 11 is 3.04. The monoisotopic (exact) mass is 396 g/mol. The average Bonchev–Trinajstić information content (AvgIpc) is 3.06. The maximum atomic E-state index is 12.7. The second-order valence-corrected chi connectivity index (χ2v) is 8.93. The Hall–Kier alpha value is -2.57. The van der Waals surface area contributed by atoms with Crippen LogP contribution in [-0.4, -0.2) is 17.1 Å². The Morgan fingerprint density at radius 2 is 1.78 bits per heavy atom. The van der Waals surface area contributed by atoms with Crippen molar-refractivity contribution in [3.63, 3.8) is 0 Å². The van der Waals surface area contributed by atoms with Crippen molar-refractivity contribution in [2.75, 3.05) is 5.32 Å². The lowest BCUT2D eigenvalue weighted by atomic mass is 10.1. The fourth-order valence-electron chi connectivity index (χ4n) is 2.57. The van der Waals surface area contributed by atoms with E-state index in [-0.39, 0.29) is 5.91 Å². The third-order valence-corrected chi connectivity index (χ3v) is 5.85. The fourth-order valence-corrected chi connectivity index (χ4v) is 4.53. The van der Waals surface area contributed by atoms with Crippen LogP contribution in [0.15, 0.2) is 65.6 Å². The van der Waals surface area contributed by atoms with Crippen molar-refractivity contribution in [2.45, 2.75) is 24.0 Å². The molecule has 0 aliphatic carbocycles. The molecule has 0 unspecified atom stereocenters. The predicted octanol–water partition coefficient (Wildman–Crippen LogP) is 5.27. The molecule has 2 aromatic carbocycles. The van der Waals surface area contributed by atoms with Crippen LogP contribution in [0.3, 0.4) is 0 Å². The van der Waals surface area contributed by atoms with E-state index < -0.39 is 5.91 Å². The SMILES string of the molecule is CC(C)Sc1cccc(C(=O)Nc2sc(-c3ccccc3)cc2C(N)=O)c1. The number of thioether (sulfide) groups is 1. The number of hydrogen-bond acceptors (Lipinski definition) is 4. The zero-order chi connectivity index (χ0) is 19.4. The van der Waals surface area contributed by atoms with Crippen LogP contribution < -0.4 is 11.1 Å². The van der Waals surface area contributed by atoms with E-state index in [1.807, 2.05) is 48.5 Å². The second kappa shape index (κ2) is 8.41. The first-order chi connectivity index (χ1) is 12.9. The summed E-state index contributed by atoms with van der Waals surface area (Å²) in [5.74, 6) is -0.821. The number of anilines is 1. The van der Waals surface area contributed by atoms with E-state index in [9.17, 15) is 9.59 Å². The molecular weight excluding hydrogens is 376 g/mol. The molecule has 2 amide bonds. The lowest BCUT2D eigenvalue weighted by Gasteiger charge is -2.08. The van der Waals surface area contributed by atoms with Crippen LogP contribution >= 0.6 is 23.1 Å². The first kappa shape index (κ1) is 19.2. The molecule has 138 valence electrons. The third kappa shape index (κ3) is 4.78. The number of nitrogens with two attached hydrogens (primary N) is 1. The van der Waals surface area contributed by atoms with E-state index in [1.165, 1.54) is 11.3 Å². The first-order valence-corrected chi connectivity index (χ1v) is 10.2. The van der Waals surface area contributed by atoms with E-state index in [0.29, 0.717) is 21.4 Å². The quantitative estimate of drug-likeness (QED) is 0.558. The van der Waals surface area contributed by atoms with Gasteiger partial charge in [0.15, 0.2) is 0 Å². The normalized spacial score (nSPS) is 10.8. The summed E-state index contributed by atoms with van der Waals surface area (Å²) in [5, 5.41) is 3.74. The highest BCUT2D eigenvalue weighted by Crippen LogP contribution is 2.35. The lowest BCUT2D eigenvalue weighted by Crippen LogP contribution is -2.16. The number of benzene rings is 2. The van der Waals surface area contributed by atoms with Crippen molar-refractivity contribution in [1.29, 1.82) is 0 Å². The van der Waals surface area contributed by atoms with Gasteiger partial charge in [-0.25, -0.2) is 0 Å². The number of carbonyl (C=O) groups excluding carboxylic acids is 2. The molecule has 0 saturated carbocycles. The molecule has 0 radical (unpaired) electrons. The zero-order valence-corrected chi connectivity index (χ0v) is 16.7. The molecule has 1 aromatic heterocycles. The molecule has 27 heavy (non-hydrogen) atoms. The van der Waals surface area contributed by atoms with Gasteiger partial charge in [-0.05, 0) is 29.8 Å². The Kier molecular flexibility index (Phi) is 5.98. The standard InChI is InChI=1S/C21H20N2O2S2/c1-13(2)26-16-10-6-9-15(11-16)20(25)23-21-17(19(22)24)12-18(27-21)14-7-4-3-5-8-14/h3-13H,1-2H3,(H2,22,24)(H,23,25). The summed E-state index contributed by atoms with van der Waals surface area (Å²) < 4.78 is 0. The molecule has 0 aliphatic heterocycles. The minimum atomic E-state index is -0.562. The Balaban J connectivity index is 1.87. The van der Waals surface area contributed by atoms with Crippen molar-refractivity contribution < 1.29 is 9.59 Å².